The summed E-state index contributed by atoms with van der Waals surface area (Å²) in [6, 6.07) is 11.8. The molecule has 0 bridgehead atoms. The van der Waals surface area contributed by atoms with Crippen LogP contribution in [0.2, 0.25) is 0 Å². The van der Waals surface area contributed by atoms with Crippen molar-refractivity contribution in [2.24, 2.45) is 5.73 Å². The van der Waals surface area contributed by atoms with Crippen molar-refractivity contribution in [2.45, 2.75) is 37.5 Å². The van der Waals surface area contributed by atoms with Gasteiger partial charge in [-0.1, -0.05) is 30.3 Å². The summed E-state index contributed by atoms with van der Waals surface area (Å²) in [7, 11) is 6.00. The maximum atomic E-state index is 13.4. The fraction of sp³-hybridized carbons (Fsp3) is 0.452. The highest BCUT2D eigenvalue weighted by atomic mass is 19.4. The summed E-state index contributed by atoms with van der Waals surface area (Å²) in [4.78, 5) is 30.9. The molecule has 2 amide bonds. The number of carbonyl (C=O) groups excluding carboxylic acids is 2. The summed E-state index contributed by atoms with van der Waals surface area (Å²) in [5, 5.41) is 12.7. The molecule has 3 aromatic rings. The Balaban J connectivity index is 1.70. The molecule has 1 heterocycles. The van der Waals surface area contributed by atoms with Gasteiger partial charge in [-0.05, 0) is 56.8 Å². The van der Waals surface area contributed by atoms with Gasteiger partial charge >= 0.3 is 6.18 Å². The zero-order valence-electron chi connectivity index (χ0n) is 25.0. The zero-order chi connectivity index (χ0) is 31.5. The molecule has 0 spiro atoms. The van der Waals surface area contributed by atoms with Gasteiger partial charge in [-0.25, -0.2) is 0 Å². The minimum absolute atomic E-state index is 0.0214. The number of benzene rings is 2. The number of hydrogen-bond acceptors (Lipinski definition) is 6. The van der Waals surface area contributed by atoms with Gasteiger partial charge in [0.15, 0.2) is 0 Å². The second-order valence-corrected chi connectivity index (χ2v) is 11.1. The fourth-order valence-electron chi connectivity index (χ4n) is 4.85. The molecule has 0 fully saturated rings. The Hall–Kier alpha value is -3.58. The van der Waals surface area contributed by atoms with Crippen molar-refractivity contribution >= 4 is 28.4 Å². The molecule has 0 unspecified atom stereocenters. The van der Waals surface area contributed by atoms with Crippen molar-refractivity contribution in [3.8, 4) is 0 Å². The van der Waals surface area contributed by atoms with Gasteiger partial charge in [0.05, 0.1) is 55.7 Å². The molecule has 12 heteroatoms. The lowest BCUT2D eigenvalue weighted by Gasteiger charge is -2.35. The van der Waals surface area contributed by atoms with Gasteiger partial charge in [0.25, 0.3) is 0 Å². The largest absolute Gasteiger partial charge is 0.416 e. The lowest BCUT2D eigenvalue weighted by Crippen LogP contribution is -2.53. The van der Waals surface area contributed by atoms with Gasteiger partial charge in [0.2, 0.25) is 11.8 Å². The van der Waals surface area contributed by atoms with Crippen molar-refractivity contribution in [3.05, 3.63) is 71.9 Å². The molecule has 1 aromatic heterocycles. The number of pyridine rings is 1. The smallest absolute Gasteiger partial charge is 0.343 e. The van der Waals surface area contributed by atoms with Gasteiger partial charge < -0.3 is 31.5 Å². The Morgan fingerprint density at radius 2 is 1.60 bits per heavy atom. The number of nitrogens with one attached hydrogen (secondary N) is 4. The number of halogens is 3. The highest BCUT2D eigenvalue weighted by Gasteiger charge is 2.31. The number of fused-ring (bicyclic) bond motifs is 1. The van der Waals surface area contributed by atoms with Crippen LogP contribution in [0.25, 0.3) is 10.9 Å². The molecule has 0 saturated heterocycles. The predicted molar refractivity (Wildman–Crippen MR) is 163 cm³/mol. The van der Waals surface area contributed by atoms with Crippen LogP contribution in [0, 0.1) is 0 Å². The summed E-state index contributed by atoms with van der Waals surface area (Å²) < 4.78 is 40.0. The van der Waals surface area contributed by atoms with Crippen LogP contribution >= 0.6 is 0 Å². The number of rotatable bonds is 16. The minimum atomic E-state index is -4.48. The van der Waals surface area contributed by atoms with Crippen LogP contribution in [-0.2, 0) is 22.2 Å². The number of amides is 2. The van der Waals surface area contributed by atoms with Crippen LogP contribution < -0.4 is 27.0 Å². The quantitative estimate of drug-likeness (QED) is 0.161. The first-order chi connectivity index (χ1) is 20.4. The Kier molecular flexibility index (Phi) is 12.4. The molecule has 0 saturated carbocycles. The molecule has 0 radical (unpaired) electrons. The van der Waals surface area contributed by atoms with Crippen molar-refractivity contribution in [3.63, 3.8) is 0 Å². The lowest BCUT2D eigenvalue weighted by atomic mass is 10.0. The number of carbonyl (C=O) groups is 2. The highest BCUT2D eigenvalue weighted by Crippen LogP contribution is 2.29. The van der Waals surface area contributed by atoms with E-state index in [1.165, 1.54) is 18.3 Å². The molecule has 0 aliphatic heterocycles. The molecule has 2 atom stereocenters. The molecular formula is C31H43F3N7O2+. The van der Waals surface area contributed by atoms with Crippen LogP contribution in [0.15, 0.2) is 60.8 Å². The topological polar surface area (TPSA) is 121 Å². The molecule has 43 heavy (non-hydrogen) atoms. The Morgan fingerprint density at radius 3 is 2.23 bits per heavy atom. The van der Waals surface area contributed by atoms with Gasteiger partial charge in [0.1, 0.15) is 6.04 Å². The van der Waals surface area contributed by atoms with E-state index in [0.29, 0.717) is 24.1 Å². The van der Waals surface area contributed by atoms with E-state index >= 15 is 0 Å². The van der Waals surface area contributed by atoms with E-state index in [2.05, 4.69) is 33.3 Å². The Labute approximate surface area is 251 Å². The van der Waals surface area contributed by atoms with Gasteiger partial charge in [-0.3, -0.25) is 14.6 Å². The number of nitrogens with zero attached hydrogens (tertiary/aromatic N) is 2. The molecule has 234 valence electrons. The summed E-state index contributed by atoms with van der Waals surface area (Å²) in [6.45, 7) is 4.41. The first-order valence-electron chi connectivity index (χ1n) is 14.4. The maximum Gasteiger partial charge on any atom is 0.416 e. The average Bonchev–Trinajstić information content (AvgIpc) is 2.98. The van der Waals surface area contributed by atoms with E-state index < -0.39 is 35.6 Å². The monoisotopic (exact) mass is 602 g/mol. The second kappa shape index (κ2) is 15.8. The van der Waals surface area contributed by atoms with Crippen LogP contribution in [0.1, 0.15) is 24.0 Å². The predicted octanol–water partition coefficient (Wildman–Crippen LogP) is 2.91. The van der Waals surface area contributed by atoms with Gasteiger partial charge in [-0.2, -0.15) is 13.2 Å². The number of hydrogen-bond donors (Lipinski definition) is 5. The molecule has 0 aliphatic rings. The van der Waals surface area contributed by atoms with E-state index in [-0.39, 0.29) is 6.42 Å². The van der Waals surface area contributed by atoms with E-state index in [0.717, 1.165) is 60.2 Å². The molecular weight excluding hydrogens is 559 g/mol. The molecule has 2 aromatic carbocycles. The van der Waals surface area contributed by atoms with Crippen molar-refractivity contribution in [2.75, 3.05) is 59.2 Å². The third kappa shape index (κ3) is 10.6. The Bertz CT molecular complexity index is 1330. The SMILES string of the molecule is CNCC[N+](C)(CCC[C@H](N)C(=O)N[C@@H](Cc1ccc(C(F)(F)F)cc1)C(=O)Nc1cnc2ccccc2c1)CCNC. The molecule has 6 N–H and O–H groups in total. The molecule has 9 nitrogen and oxygen atoms in total. The van der Waals surface area contributed by atoms with Crippen LogP contribution in [0.3, 0.4) is 0 Å². The average molecular weight is 603 g/mol. The second-order valence-electron chi connectivity index (χ2n) is 11.1. The number of para-hydroxylation sites is 1. The lowest BCUT2D eigenvalue weighted by molar-refractivity contribution is -0.907. The molecule has 0 aliphatic carbocycles. The summed E-state index contributed by atoms with van der Waals surface area (Å²) in [5.41, 5.74) is 7.12. The zero-order valence-corrected chi connectivity index (χ0v) is 25.0. The standard InChI is InChI=1S/C31H42F3N7O2/c1-36-14-17-41(3,18-15-37-2)16-6-8-26(35)29(42)40-28(19-22-10-12-24(13-11-22)31(32,33)34)30(43)39-25-20-23-7-4-5-9-27(23)38-21-25/h4-5,7,9-13,20-21,26,28,36-37H,6,8,14-19,35H2,1-3H3,(H-,39,40,42,43)/p+1/t26-,28-/m0/s1. The number of anilines is 1. The van der Waals surface area contributed by atoms with Crippen LogP contribution in [0.4, 0.5) is 18.9 Å². The van der Waals surface area contributed by atoms with E-state index in [9.17, 15) is 22.8 Å². The number of nitrogens with two attached hydrogens (primary N) is 1. The fourth-order valence-corrected chi connectivity index (χ4v) is 4.85. The summed E-state index contributed by atoms with van der Waals surface area (Å²) in [6.07, 6.45) is -1.86. The van der Waals surface area contributed by atoms with Gasteiger partial charge in [-0.15, -0.1) is 0 Å². The summed E-state index contributed by atoms with van der Waals surface area (Å²) >= 11 is 0. The molecule has 3 rings (SSSR count). The first-order valence-corrected chi connectivity index (χ1v) is 14.4. The van der Waals surface area contributed by atoms with Crippen molar-refractivity contribution < 1.29 is 27.2 Å². The van der Waals surface area contributed by atoms with Crippen LogP contribution in [-0.4, -0.2) is 87.2 Å². The first kappa shape index (κ1) is 33.9. The number of quaternary nitrogens is 1. The third-order valence-electron chi connectivity index (χ3n) is 7.57. The van der Waals surface area contributed by atoms with Gasteiger partial charge in [0, 0.05) is 24.9 Å². The summed E-state index contributed by atoms with van der Waals surface area (Å²) in [5.74, 6) is -1.02. The van der Waals surface area contributed by atoms with Crippen LogP contribution in [0.5, 0.6) is 0 Å². The van der Waals surface area contributed by atoms with Crippen molar-refractivity contribution in [1.29, 1.82) is 0 Å². The number of aromatic nitrogens is 1. The van der Waals surface area contributed by atoms with E-state index in [4.69, 9.17) is 5.73 Å². The maximum absolute atomic E-state index is 13.4. The normalized spacial score (nSPS) is 13.5. The highest BCUT2D eigenvalue weighted by molar-refractivity contribution is 5.99. The van der Waals surface area contributed by atoms with E-state index in [1.807, 2.05) is 38.4 Å². The number of alkyl halides is 3. The number of likely N-dealkylation sites (N-methyl/N-ethyl adjacent to an activating group) is 3. The van der Waals surface area contributed by atoms with Crippen molar-refractivity contribution in [1.82, 2.24) is 20.9 Å². The minimum Gasteiger partial charge on any atom is -0.343 e. The van der Waals surface area contributed by atoms with E-state index in [1.54, 1.807) is 6.07 Å². The Morgan fingerprint density at radius 1 is 0.953 bits per heavy atom. The third-order valence-corrected chi connectivity index (χ3v) is 7.57.